The van der Waals surface area contributed by atoms with Crippen molar-refractivity contribution in [2.45, 2.75) is 42.8 Å². The first kappa shape index (κ1) is 21.7. The Kier molecular flexibility index (Phi) is 4.34. The Morgan fingerprint density at radius 3 is 1.18 bits per heavy atom. The standard InChI is InChI=1S/C13H5F12IO2/c1-4-2-5-7-6(3-4)9(12(20,21)22,13(23,24)25)28-26(7)27-8(5,10(14,15)16)11(17,18)19/h2-3H,1H3. The van der Waals surface area contributed by atoms with Crippen LogP contribution in [0.1, 0.15) is 16.7 Å². The van der Waals surface area contributed by atoms with Crippen molar-refractivity contribution in [1.29, 1.82) is 0 Å². The van der Waals surface area contributed by atoms with E-state index in [0.29, 0.717) is 0 Å². The maximum atomic E-state index is 13.4. The van der Waals surface area contributed by atoms with Gasteiger partial charge in [0.2, 0.25) is 0 Å². The van der Waals surface area contributed by atoms with Crippen LogP contribution in [0.4, 0.5) is 52.7 Å². The van der Waals surface area contributed by atoms with Gasteiger partial charge < -0.3 is 0 Å². The molecule has 0 unspecified atom stereocenters. The van der Waals surface area contributed by atoms with E-state index >= 15 is 0 Å². The fraction of sp³-hybridized carbons (Fsp3) is 0.538. The third-order valence-corrected chi connectivity index (χ3v) is 8.26. The monoisotopic (exact) mass is 548 g/mol. The molecule has 0 radical (unpaired) electrons. The van der Waals surface area contributed by atoms with Gasteiger partial charge in [-0.1, -0.05) is 0 Å². The molecule has 28 heavy (non-hydrogen) atoms. The first-order chi connectivity index (χ1) is 12.3. The fourth-order valence-corrected chi connectivity index (χ4v) is 8.16. The van der Waals surface area contributed by atoms with Crippen molar-refractivity contribution in [2.75, 3.05) is 0 Å². The minimum absolute atomic E-state index is 0.226. The first-order valence-electron chi connectivity index (χ1n) is 6.83. The normalized spacial score (nSPS) is 22.5. The molecule has 0 bridgehead atoms. The molecule has 1 aromatic rings. The van der Waals surface area contributed by atoms with Crippen LogP contribution >= 0.6 is 20.6 Å². The van der Waals surface area contributed by atoms with Crippen molar-refractivity contribution >= 4 is 20.6 Å². The molecule has 0 fully saturated rings. The molecule has 1 aromatic carbocycles. The van der Waals surface area contributed by atoms with E-state index in [1.54, 1.807) is 0 Å². The molecule has 0 saturated carbocycles. The molecule has 2 nitrogen and oxygen atoms in total. The molecule has 0 atom stereocenters. The zero-order valence-corrected chi connectivity index (χ0v) is 15.0. The number of aryl methyl sites for hydroxylation is 1. The Hall–Kier alpha value is -0.970. The Morgan fingerprint density at radius 2 is 0.929 bits per heavy atom. The summed E-state index contributed by atoms with van der Waals surface area (Å²) in [5.74, 6) is 0. The summed E-state index contributed by atoms with van der Waals surface area (Å²) in [5.41, 5.74) is -14.5. The molecule has 0 N–H and O–H groups in total. The van der Waals surface area contributed by atoms with E-state index in [1.165, 1.54) is 0 Å². The zero-order chi connectivity index (χ0) is 21.7. The van der Waals surface area contributed by atoms with Gasteiger partial charge in [0.25, 0.3) is 0 Å². The molecular weight excluding hydrogens is 543 g/mol. The second-order valence-corrected chi connectivity index (χ2v) is 9.10. The van der Waals surface area contributed by atoms with Crippen LogP contribution in [0.5, 0.6) is 0 Å². The van der Waals surface area contributed by atoms with Gasteiger partial charge in [0.05, 0.1) is 0 Å². The van der Waals surface area contributed by atoms with E-state index in [1.807, 2.05) is 0 Å². The van der Waals surface area contributed by atoms with Crippen molar-refractivity contribution in [2.24, 2.45) is 0 Å². The Balaban J connectivity index is 2.44. The molecule has 3 rings (SSSR count). The maximum absolute atomic E-state index is 13.4. The van der Waals surface area contributed by atoms with Gasteiger partial charge in [0.1, 0.15) is 0 Å². The van der Waals surface area contributed by atoms with Gasteiger partial charge in [-0.25, -0.2) is 0 Å². The summed E-state index contributed by atoms with van der Waals surface area (Å²) in [6.45, 7) is 0.765. The summed E-state index contributed by atoms with van der Waals surface area (Å²) >= 11 is -5.14. The van der Waals surface area contributed by atoms with Crippen molar-refractivity contribution < 1.29 is 58.8 Å². The molecule has 2 aliphatic heterocycles. The molecule has 15 heteroatoms. The van der Waals surface area contributed by atoms with Gasteiger partial charge in [0, 0.05) is 0 Å². The Morgan fingerprint density at radius 1 is 0.643 bits per heavy atom. The summed E-state index contributed by atoms with van der Waals surface area (Å²) < 4.78 is 167. The predicted octanol–water partition coefficient (Wildman–Crippen LogP) is 6.20. The van der Waals surface area contributed by atoms with Gasteiger partial charge in [-0.05, 0) is 0 Å². The van der Waals surface area contributed by atoms with Crippen molar-refractivity contribution in [3.05, 3.63) is 32.4 Å². The quantitative estimate of drug-likeness (QED) is 0.284. The Bertz CT molecular complexity index is 728. The summed E-state index contributed by atoms with van der Waals surface area (Å²) in [5, 5.41) is 0. The molecule has 0 amide bonds. The van der Waals surface area contributed by atoms with Crippen molar-refractivity contribution in [3.8, 4) is 0 Å². The molecule has 0 aliphatic carbocycles. The van der Waals surface area contributed by atoms with E-state index in [9.17, 15) is 52.7 Å². The van der Waals surface area contributed by atoms with Crippen LogP contribution in [0, 0.1) is 10.5 Å². The van der Waals surface area contributed by atoms with Crippen LogP contribution in [-0.2, 0) is 17.3 Å². The molecule has 0 spiro atoms. The average Bonchev–Trinajstić information content (AvgIpc) is 2.92. The zero-order valence-electron chi connectivity index (χ0n) is 12.9. The van der Waals surface area contributed by atoms with E-state index < -0.39 is 76.8 Å². The second-order valence-electron chi connectivity index (χ2n) is 5.90. The average molecular weight is 548 g/mol. The SMILES string of the molecule is Cc1cc2c3c(c1)C(C(F)(F)F)(C(F)(F)F)OI3OC2(C(F)(F)F)C(F)(F)F. The predicted molar refractivity (Wildman–Crippen MR) is 73.6 cm³/mol. The van der Waals surface area contributed by atoms with Crippen molar-refractivity contribution in [3.63, 3.8) is 0 Å². The summed E-state index contributed by atoms with van der Waals surface area (Å²) in [6, 6.07) is 0.451. The van der Waals surface area contributed by atoms with Crippen LogP contribution in [0.3, 0.4) is 0 Å². The van der Waals surface area contributed by atoms with E-state index in [-0.39, 0.29) is 12.1 Å². The number of alkyl halides is 12. The van der Waals surface area contributed by atoms with E-state index in [0.717, 1.165) is 6.92 Å². The van der Waals surface area contributed by atoms with Gasteiger partial charge in [-0.15, -0.1) is 0 Å². The molecule has 2 heterocycles. The second kappa shape index (κ2) is 5.59. The molecule has 160 valence electrons. The number of halogens is 13. The van der Waals surface area contributed by atoms with Gasteiger partial charge in [-0.3, -0.25) is 0 Å². The van der Waals surface area contributed by atoms with Crippen molar-refractivity contribution in [1.82, 2.24) is 0 Å². The van der Waals surface area contributed by atoms with Gasteiger partial charge >= 0.3 is 155 Å². The number of hydrogen-bond donors (Lipinski definition) is 0. The minimum atomic E-state index is -6.21. The summed E-state index contributed by atoms with van der Waals surface area (Å²) in [6.07, 6.45) is -24.8. The summed E-state index contributed by atoms with van der Waals surface area (Å²) in [7, 11) is 0. The number of hydrogen-bond acceptors (Lipinski definition) is 2. The molecule has 2 aliphatic rings. The van der Waals surface area contributed by atoms with Gasteiger partial charge in [0.15, 0.2) is 0 Å². The van der Waals surface area contributed by atoms with E-state index in [4.69, 9.17) is 0 Å². The third kappa shape index (κ3) is 2.44. The third-order valence-electron chi connectivity index (χ3n) is 4.10. The topological polar surface area (TPSA) is 18.5 Å². The molecular formula is C13H5F12IO2. The van der Waals surface area contributed by atoms with Crippen LogP contribution in [0.15, 0.2) is 12.1 Å². The van der Waals surface area contributed by atoms with Gasteiger partial charge in [-0.2, -0.15) is 0 Å². The number of rotatable bonds is 0. The first-order valence-corrected chi connectivity index (χ1v) is 9.67. The molecule has 0 saturated heterocycles. The van der Waals surface area contributed by atoms with Crippen LogP contribution in [0.2, 0.25) is 0 Å². The van der Waals surface area contributed by atoms with Crippen LogP contribution < -0.4 is 0 Å². The fourth-order valence-electron chi connectivity index (χ4n) is 2.94. The van der Waals surface area contributed by atoms with Crippen LogP contribution in [-0.4, -0.2) is 24.7 Å². The molecule has 0 aromatic heterocycles. The van der Waals surface area contributed by atoms with E-state index in [2.05, 4.69) is 6.13 Å². The number of benzene rings is 1. The Labute approximate surface area is 155 Å². The summed E-state index contributed by atoms with van der Waals surface area (Å²) in [4.78, 5) is 0. The van der Waals surface area contributed by atoms with Crippen LogP contribution in [0.25, 0.3) is 0 Å².